The van der Waals surface area contributed by atoms with Crippen LogP contribution in [0.3, 0.4) is 0 Å². The number of aliphatic hydroxyl groups excluding tert-OH is 1. The van der Waals surface area contributed by atoms with Gasteiger partial charge in [-0.3, -0.25) is 0 Å². The molecule has 0 aromatic heterocycles. The van der Waals surface area contributed by atoms with Crippen molar-refractivity contribution < 1.29 is 28.5 Å². The average molecular weight is 409 g/mol. The third-order valence-corrected chi connectivity index (χ3v) is 9.81. The highest BCUT2D eigenvalue weighted by Gasteiger charge is 2.43. The van der Waals surface area contributed by atoms with Crippen LogP contribution in [0.25, 0.3) is 0 Å². The molecule has 1 aromatic rings. The number of methoxy groups -OCH3 is 1. The van der Waals surface area contributed by atoms with Crippen LogP contribution in [0.1, 0.15) is 32.6 Å². The number of carbonyl (C=O) groups excluding carboxylic acids is 1. The topological polar surface area (TPSA) is 74.2 Å². The van der Waals surface area contributed by atoms with E-state index in [2.05, 4.69) is 33.9 Å². The summed E-state index contributed by atoms with van der Waals surface area (Å²) in [6.07, 6.45) is 0.178. The molecule has 0 spiro atoms. The number of ether oxygens (including phenoxy) is 3. The summed E-state index contributed by atoms with van der Waals surface area (Å²) >= 11 is 0. The van der Waals surface area contributed by atoms with Gasteiger partial charge in [-0.1, -0.05) is 51.1 Å². The Kier molecular flexibility index (Phi) is 7.58. The number of aliphatic hydroxyl groups is 1. The molecule has 0 amide bonds. The Hall–Kier alpha value is -1.51. The van der Waals surface area contributed by atoms with E-state index in [1.807, 2.05) is 30.3 Å². The van der Waals surface area contributed by atoms with Crippen LogP contribution in [0.5, 0.6) is 0 Å². The lowest BCUT2D eigenvalue weighted by Crippen LogP contribution is -2.53. The second kappa shape index (κ2) is 9.32. The molecule has 156 valence electrons. The third kappa shape index (κ3) is 5.75. The van der Waals surface area contributed by atoms with E-state index in [-0.39, 0.29) is 11.6 Å². The number of benzene rings is 1. The largest absolute Gasteiger partial charge is 0.466 e. The standard InChI is InChI=1S/C21H32O6Si/c1-21(2,3)28(5,6)27-17(12-13-18(23)24-4)19-16(22)14-25-20(26-19)15-10-8-7-9-11-15/h7-13,16-17,19-20,22H,14H2,1-6H3/b13-12+/t16-,17-,19+,20?/m0/s1. The molecule has 1 N–H and O–H groups in total. The molecule has 1 fully saturated rings. The van der Waals surface area contributed by atoms with Gasteiger partial charge < -0.3 is 23.7 Å². The smallest absolute Gasteiger partial charge is 0.330 e. The van der Waals surface area contributed by atoms with Crippen LogP contribution < -0.4 is 0 Å². The minimum atomic E-state index is -2.20. The summed E-state index contributed by atoms with van der Waals surface area (Å²) in [5, 5.41) is 10.5. The fraction of sp³-hybridized carbons (Fsp3) is 0.571. The van der Waals surface area contributed by atoms with Crippen molar-refractivity contribution >= 4 is 14.3 Å². The van der Waals surface area contributed by atoms with Crippen molar-refractivity contribution in [3.63, 3.8) is 0 Å². The molecule has 0 radical (unpaired) electrons. The van der Waals surface area contributed by atoms with Gasteiger partial charge in [0.15, 0.2) is 14.6 Å². The van der Waals surface area contributed by atoms with Crippen molar-refractivity contribution in [1.82, 2.24) is 0 Å². The fourth-order valence-corrected chi connectivity index (χ4v) is 3.86. The summed E-state index contributed by atoms with van der Waals surface area (Å²) in [5.74, 6) is -0.481. The Morgan fingerprint density at radius 2 is 1.93 bits per heavy atom. The van der Waals surface area contributed by atoms with Gasteiger partial charge in [-0.05, 0) is 24.2 Å². The lowest BCUT2D eigenvalue weighted by atomic mass is 10.1. The van der Waals surface area contributed by atoms with E-state index < -0.39 is 38.9 Å². The molecule has 1 aliphatic rings. The lowest BCUT2D eigenvalue weighted by molar-refractivity contribution is -0.269. The Labute approximate surface area is 168 Å². The van der Waals surface area contributed by atoms with Crippen molar-refractivity contribution in [1.29, 1.82) is 0 Å². The van der Waals surface area contributed by atoms with E-state index in [9.17, 15) is 9.90 Å². The molecule has 1 aromatic carbocycles. The minimum absolute atomic E-state index is 0.0424. The molecule has 1 saturated heterocycles. The van der Waals surface area contributed by atoms with Gasteiger partial charge in [0.25, 0.3) is 0 Å². The van der Waals surface area contributed by atoms with Gasteiger partial charge in [-0.15, -0.1) is 0 Å². The SMILES string of the molecule is COC(=O)/C=C/[C@H](O[Si](C)(C)C(C)(C)C)[C@@H]1OC(c2ccccc2)OC[C@@H]1O. The van der Waals surface area contributed by atoms with Crippen LogP contribution in [0.4, 0.5) is 0 Å². The molecule has 0 aliphatic carbocycles. The van der Waals surface area contributed by atoms with Crippen molar-refractivity contribution in [3.05, 3.63) is 48.0 Å². The molecule has 28 heavy (non-hydrogen) atoms. The molecule has 0 saturated carbocycles. The van der Waals surface area contributed by atoms with E-state index in [1.54, 1.807) is 6.08 Å². The predicted octanol–water partition coefficient (Wildman–Crippen LogP) is 3.58. The van der Waals surface area contributed by atoms with Crippen LogP contribution in [0.2, 0.25) is 18.1 Å². The maximum atomic E-state index is 11.6. The molecule has 1 unspecified atom stereocenters. The summed E-state index contributed by atoms with van der Waals surface area (Å²) in [7, 11) is -0.879. The first-order valence-corrected chi connectivity index (χ1v) is 12.4. The van der Waals surface area contributed by atoms with E-state index >= 15 is 0 Å². The first-order valence-electron chi connectivity index (χ1n) is 9.49. The Morgan fingerprint density at radius 1 is 1.29 bits per heavy atom. The summed E-state index contributed by atoms with van der Waals surface area (Å²) in [6.45, 7) is 10.8. The zero-order chi connectivity index (χ0) is 20.9. The highest BCUT2D eigenvalue weighted by Crippen LogP contribution is 2.39. The van der Waals surface area contributed by atoms with Crippen molar-refractivity contribution in [2.24, 2.45) is 0 Å². The second-order valence-electron chi connectivity index (χ2n) is 8.47. The Morgan fingerprint density at radius 3 is 2.50 bits per heavy atom. The average Bonchev–Trinajstić information content (AvgIpc) is 2.65. The maximum Gasteiger partial charge on any atom is 0.330 e. The van der Waals surface area contributed by atoms with Gasteiger partial charge in [0.1, 0.15) is 12.2 Å². The normalized spacial score (nSPS) is 24.9. The fourth-order valence-electron chi connectivity index (χ4n) is 2.61. The van der Waals surface area contributed by atoms with Crippen LogP contribution in [0.15, 0.2) is 42.5 Å². The highest BCUT2D eigenvalue weighted by atomic mass is 28.4. The maximum absolute atomic E-state index is 11.6. The minimum Gasteiger partial charge on any atom is -0.466 e. The summed E-state index contributed by atoms with van der Waals surface area (Å²) < 4.78 is 23.0. The van der Waals surface area contributed by atoms with Gasteiger partial charge in [0, 0.05) is 11.6 Å². The molecule has 7 heteroatoms. The first kappa shape index (κ1) is 22.8. The zero-order valence-corrected chi connectivity index (χ0v) is 18.5. The lowest BCUT2D eigenvalue weighted by Gasteiger charge is -2.43. The molecule has 1 aliphatic heterocycles. The summed E-state index contributed by atoms with van der Waals surface area (Å²) in [4.78, 5) is 11.6. The van der Waals surface area contributed by atoms with Crippen molar-refractivity contribution in [2.75, 3.05) is 13.7 Å². The van der Waals surface area contributed by atoms with Crippen LogP contribution in [-0.2, 0) is 23.4 Å². The zero-order valence-electron chi connectivity index (χ0n) is 17.5. The summed E-state index contributed by atoms with van der Waals surface area (Å²) in [5.41, 5.74) is 0.863. The van der Waals surface area contributed by atoms with E-state index in [0.29, 0.717) is 0 Å². The molecular formula is C21H32O6Si. The van der Waals surface area contributed by atoms with E-state index in [4.69, 9.17) is 18.6 Å². The quantitative estimate of drug-likeness (QED) is 0.441. The van der Waals surface area contributed by atoms with Crippen LogP contribution in [-0.4, -0.2) is 51.4 Å². The molecule has 2 rings (SSSR count). The van der Waals surface area contributed by atoms with Gasteiger partial charge in [0.05, 0.1) is 19.8 Å². The summed E-state index contributed by atoms with van der Waals surface area (Å²) in [6, 6.07) is 9.55. The van der Waals surface area contributed by atoms with E-state index in [1.165, 1.54) is 13.2 Å². The number of esters is 1. The van der Waals surface area contributed by atoms with Gasteiger partial charge in [0.2, 0.25) is 0 Å². The molecule has 0 bridgehead atoms. The highest BCUT2D eigenvalue weighted by molar-refractivity contribution is 6.74. The number of rotatable bonds is 6. The van der Waals surface area contributed by atoms with Gasteiger partial charge in [-0.2, -0.15) is 0 Å². The molecule has 6 nitrogen and oxygen atoms in total. The molecule has 1 heterocycles. The number of hydrogen-bond donors (Lipinski definition) is 1. The molecule has 4 atom stereocenters. The predicted molar refractivity (Wildman–Crippen MR) is 109 cm³/mol. The van der Waals surface area contributed by atoms with Gasteiger partial charge >= 0.3 is 5.97 Å². The van der Waals surface area contributed by atoms with Crippen LogP contribution in [0, 0.1) is 0 Å². The number of hydrogen-bond acceptors (Lipinski definition) is 6. The first-order chi connectivity index (χ1) is 13.0. The third-order valence-electron chi connectivity index (χ3n) is 5.33. The second-order valence-corrected chi connectivity index (χ2v) is 13.2. The van der Waals surface area contributed by atoms with E-state index in [0.717, 1.165) is 5.56 Å². The van der Waals surface area contributed by atoms with Crippen molar-refractivity contribution in [3.8, 4) is 0 Å². The van der Waals surface area contributed by atoms with Crippen molar-refractivity contribution in [2.45, 2.75) is 63.5 Å². The molecular weight excluding hydrogens is 376 g/mol. The Bertz CT molecular complexity index is 667. The van der Waals surface area contributed by atoms with Crippen LogP contribution >= 0.6 is 0 Å². The Balaban J connectivity index is 2.28. The van der Waals surface area contributed by atoms with Gasteiger partial charge in [-0.25, -0.2) is 4.79 Å². The number of carbonyl (C=O) groups is 1. The monoisotopic (exact) mass is 408 g/mol.